The van der Waals surface area contributed by atoms with E-state index in [0.717, 1.165) is 0 Å². The Morgan fingerprint density at radius 3 is 2.95 bits per heavy atom. The summed E-state index contributed by atoms with van der Waals surface area (Å²) in [6, 6.07) is 5.58. The van der Waals surface area contributed by atoms with E-state index in [1.807, 2.05) is 0 Å². The molecule has 4 nitrogen and oxygen atoms in total. The summed E-state index contributed by atoms with van der Waals surface area (Å²) in [5.41, 5.74) is 0.671. The average molecular weight is 262 g/mol. The van der Waals surface area contributed by atoms with Crippen molar-refractivity contribution >= 4 is 16.8 Å². The summed E-state index contributed by atoms with van der Waals surface area (Å²) in [6.45, 7) is 1.57. The molecule has 100 valence electrons. The van der Waals surface area contributed by atoms with Gasteiger partial charge in [-0.2, -0.15) is 0 Å². The third-order valence-corrected chi connectivity index (χ3v) is 3.15. The minimum atomic E-state index is -0.478. The lowest BCUT2D eigenvalue weighted by molar-refractivity contribution is 0.0683. The summed E-state index contributed by atoms with van der Waals surface area (Å²) < 4.78 is 13.6. The number of hydrogen-bond acceptors (Lipinski definition) is 3. The highest BCUT2D eigenvalue weighted by molar-refractivity contribution is 6.05. The van der Waals surface area contributed by atoms with Gasteiger partial charge in [-0.15, -0.1) is 0 Å². The van der Waals surface area contributed by atoms with E-state index < -0.39 is 5.82 Å². The molecule has 0 bridgehead atoms. The van der Waals surface area contributed by atoms with Crippen molar-refractivity contribution in [1.82, 2.24) is 9.88 Å². The van der Waals surface area contributed by atoms with E-state index >= 15 is 0 Å². The second-order valence-electron chi connectivity index (χ2n) is 4.48. The fourth-order valence-corrected chi connectivity index (χ4v) is 1.83. The highest BCUT2D eigenvalue weighted by Crippen LogP contribution is 2.20. The van der Waals surface area contributed by atoms with Gasteiger partial charge >= 0.3 is 0 Å². The Hall–Kier alpha value is -2.01. The normalized spacial score (nSPS) is 12.4. The molecule has 0 aliphatic heterocycles. The first kappa shape index (κ1) is 13.4. The van der Waals surface area contributed by atoms with Crippen LogP contribution >= 0.6 is 0 Å². The van der Waals surface area contributed by atoms with Gasteiger partial charge in [0, 0.05) is 18.6 Å². The molecule has 0 saturated carbocycles. The zero-order valence-corrected chi connectivity index (χ0v) is 10.8. The lowest BCUT2D eigenvalue weighted by atomic mass is 10.1. The predicted molar refractivity (Wildman–Crippen MR) is 70.3 cm³/mol. The van der Waals surface area contributed by atoms with Crippen molar-refractivity contribution in [1.29, 1.82) is 0 Å². The number of nitrogens with zero attached hydrogens (tertiary/aromatic N) is 2. The number of likely N-dealkylation sites (N-methyl/N-ethyl adjacent to an activating group) is 1. The van der Waals surface area contributed by atoms with Gasteiger partial charge in [0.05, 0.1) is 23.7 Å². The number of benzene rings is 1. The number of fused-ring (bicyclic) bond motifs is 1. The molecule has 1 atom stereocenters. The van der Waals surface area contributed by atoms with Gasteiger partial charge in [-0.1, -0.05) is 6.07 Å². The van der Waals surface area contributed by atoms with Gasteiger partial charge in [-0.25, -0.2) is 4.39 Å². The van der Waals surface area contributed by atoms with E-state index in [2.05, 4.69) is 4.98 Å². The second kappa shape index (κ2) is 5.32. The van der Waals surface area contributed by atoms with Crippen LogP contribution in [0.15, 0.2) is 30.5 Å². The maximum atomic E-state index is 13.6. The fourth-order valence-electron chi connectivity index (χ4n) is 1.83. The standard InChI is InChI=1S/C14H15FN2O2/c1-9(8-18)17(2)14(19)12-7-11(15)6-10-4-3-5-16-13(10)12/h3-7,9,18H,8H2,1-2H3. The summed E-state index contributed by atoms with van der Waals surface area (Å²) in [4.78, 5) is 17.8. The molecule has 19 heavy (non-hydrogen) atoms. The molecule has 1 aromatic heterocycles. The first-order chi connectivity index (χ1) is 9.04. The monoisotopic (exact) mass is 262 g/mol. The quantitative estimate of drug-likeness (QED) is 0.918. The first-order valence-corrected chi connectivity index (χ1v) is 5.97. The Bertz CT molecular complexity index is 615. The molecule has 1 aromatic carbocycles. The van der Waals surface area contributed by atoms with Crippen LogP contribution in [0.4, 0.5) is 4.39 Å². The number of rotatable bonds is 3. The number of carbonyl (C=O) groups is 1. The third kappa shape index (κ3) is 2.56. The van der Waals surface area contributed by atoms with E-state index in [0.29, 0.717) is 10.9 Å². The van der Waals surface area contributed by atoms with Gasteiger partial charge in [0.25, 0.3) is 5.91 Å². The molecular weight excluding hydrogens is 247 g/mol. The van der Waals surface area contributed by atoms with Gasteiger partial charge in [0.1, 0.15) is 5.82 Å². The van der Waals surface area contributed by atoms with Crippen LogP contribution in [0.5, 0.6) is 0 Å². The van der Waals surface area contributed by atoms with Gasteiger partial charge in [0.15, 0.2) is 0 Å². The summed E-state index contributed by atoms with van der Waals surface area (Å²) in [5, 5.41) is 9.66. The number of halogens is 1. The lowest BCUT2D eigenvalue weighted by Crippen LogP contribution is -2.37. The van der Waals surface area contributed by atoms with E-state index in [9.17, 15) is 9.18 Å². The van der Waals surface area contributed by atoms with Crippen molar-refractivity contribution in [2.75, 3.05) is 13.7 Å². The number of carbonyl (C=O) groups excluding carboxylic acids is 1. The maximum absolute atomic E-state index is 13.6. The second-order valence-corrected chi connectivity index (χ2v) is 4.48. The molecule has 0 aliphatic rings. The molecule has 2 aromatic rings. The molecule has 0 spiro atoms. The number of aliphatic hydroxyl groups is 1. The summed E-state index contributed by atoms with van der Waals surface area (Å²) in [5.74, 6) is -0.835. The van der Waals surface area contributed by atoms with Crippen LogP contribution in [0.2, 0.25) is 0 Å². The summed E-state index contributed by atoms with van der Waals surface area (Å²) >= 11 is 0. The Labute approximate surface area is 110 Å². The zero-order valence-electron chi connectivity index (χ0n) is 10.8. The first-order valence-electron chi connectivity index (χ1n) is 5.97. The van der Waals surface area contributed by atoms with Crippen molar-refractivity contribution in [2.45, 2.75) is 13.0 Å². The van der Waals surface area contributed by atoms with Crippen LogP contribution in [0.25, 0.3) is 10.9 Å². The minimum absolute atomic E-state index is 0.150. The SMILES string of the molecule is CC(CO)N(C)C(=O)c1cc(F)cc2cccnc12. The largest absolute Gasteiger partial charge is 0.394 e. The van der Waals surface area contributed by atoms with Crippen molar-refractivity contribution < 1.29 is 14.3 Å². The smallest absolute Gasteiger partial charge is 0.256 e. The number of amides is 1. The molecule has 0 saturated heterocycles. The molecule has 0 fully saturated rings. The molecule has 1 amide bonds. The number of pyridine rings is 1. The van der Waals surface area contributed by atoms with Crippen molar-refractivity contribution in [3.63, 3.8) is 0 Å². The molecule has 5 heteroatoms. The molecule has 1 unspecified atom stereocenters. The van der Waals surface area contributed by atoms with E-state index in [4.69, 9.17) is 5.11 Å². The Balaban J connectivity index is 2.53. The predicted octanol–water partition coefficient (Wildman–Crippen LogP) is 1.83. The Kier molecular flexibility index (Phi) is 3.76. The van der Waals surface area contributed by atoms with Gasteiger partial charge in [-0.05, 0) is 25.1 Å². The fraction of sp³-hybridized carbons (Fsp3) is 0.286. The van der Waals surface area contributed by atoms with Crippen molar-refractivity contribution in [3.05, 3.63) is 41.8 Å². The Morgan fingerprint density at radius 1 is 1.53 bits per heavy atom. The molecular formula is C14H15FN2O2. The number of aromatic nitrogens is 1. The topological polar surface area (TPSA) is 53.4 Å². The van der Waals surface area contributed by atoms with Crippen LogP contribution in [-0.2, 0) is 0 Å². The van der Waals surface area contributed by atoms with E-state index in [-0.39, 0.29) is 24.1 Å². The van der Waals surface area contributed by atoms with Crippen LogP contribution in [-0.4, -0.2) is 40.6 Å². The average Bonchev–Trinajstić information content (AvgIpc) is 2.43. The van der Waals surface area contributed by atoms with Gasteiger partial charge in [0.2, 0.25) is 0 Å². The van der Waals surface area contributed by atoms with Gasteiger partial charge in [-0.3, -0.25) is 9.78 Å². The van der Waals surface area contributed by atoms with Crippen LogP contribution in [0, 0.1) is 5.82 Å². The highest BCUT2D eigenvalue weighted by Gasteiger charge is 2.20. The van der Waals surface area contributed by atoms with Crippen molar-refractivity contribution in [2.24, 2.45) is 0 Å². The number of aliphatic hydroxyl groups excluding tert-OH is 1. The zero-order chi connectivity index (χ0) is 14.0. The highest BCUT2D eigenvalue weighted by atomic mass is 19.1. The lowest BCUT2D eigenvalue weighted by Gasteiger charge is -2.23. The van der Waals surface area contributed by atoms with Crippen molar-refractivity contribution in [3.8, 4) is 0 Å². The summed E-state index contributed by atoms with van der Waals surface area (Å²) in [6.07, 6.45) is 1.56. The maximum Gasteiger partial charge on any atom is 0.256 e. The summed E-state index contributed by atoms with van der Waals surface area (Å²) in [7, 11) is 1.57. The van der Waals surface area contributed by atoms with Crippen LogP contribution < -0.4 is 0 Å². The van der Waals surface area contributed by atoms with Crippen LogP contribution in [0.3, 0.4) is 0 Å². The molecule has 2 rings (SSSR count). The third-order valence-electron chi connectivity index (χ3n) is 3.15. The Morgan fingerprint density at radius 2 is 2.26 bits per heavy atom. The van der Waals surface area contributed by atoms with E-state index in [1.165, 1.54) is 17.0 Å². The van der Waals surface area contributed by atoms with Gasteiger partial charge < -0.3 is 10.0 Å². The minimum Gasteiger partial charge on any atom is -0.394 e. The molecule has 0 radical (unpaired) electrons. The molecule has 0 aliphatic carbocycles. The number of hydrogen-bond donors (Lipinski definition) is 1. The molecule has 1 N–H and O–H groups in total. The van der Waals surface area contributed by atoms with Crippen LogP contribution in [0.1, 0.15) is 17.3 Å². The van der Waals surface area contributed by atoms with E-state index in [1.54, 1.807) is 32.3 Å². The molecule has 1 heterocycles.